The number of ether oxygens (including phenoxy) is 2. The molecular formula is C27H26N2O4. The molecular weight excluding hydrogens is 416 g/mol. The first kappa shape index (κ1) is 22.1. The van der Waals surface area contributed by atoms with Crippen LogP contribution in [0.3, 0.4) is 0 Å². The monoisotopic (exact) mass is 442 g/mol. The highest BCUT2D eigenvalue weighted by molar-refractivity contribution is 5.96. The van der Waals surface area contributed by atoms with E-state index >= 15 is 0 Å². The minimum Gasteiger partial charge on any atom is -0.486 e. The first-order chi connectivity index (χ1) is 16.2. The number of hydrogen-bond acceptors (Lipinski definition) is 4. The maximum atomic E-state index is 13.1. The molecule has 0 unspecified atom stereocenters. The fraction of sp³-hybridized carbons (Fsp3) is 0.185. The van der Waals surface area contributed by atoms with Crippen molar-refractivity contribution in [2.24, 2.45) is 0 Å². The summed E-state index contributed by atoms with van der Waals surface area (Å²) < 4.78 is 11.3. The van der Waals surface area contributed by atoms with Gasteiger partial charge >= 0.3 is 0 Å². The summed E-state index contributed by atoms with van der Waals surface area (Å²) in [5, 5.41) is 2.82. The van der Waals surface area contributed by atoms with Crippen molar-refractivity contribution in [3.8, 4) is 11.5 Å². The lowest BCUT2D eigenvalue weighted by Gasteiger charge is -2.24. The summed E-state index contributed by atoms with van der Waals surface area (Å²) in [6.07, 6.45) is 4.11. The molecule has 2 amide bonds. The van der Waals surface area contributed by atoms with Crippen LogP contribution in [0, 0.1) is 0 Å². The predicted molar refractivity (Wildman–Crippen MR) is 129 cm³/mol. The number of fused-ring (bicyclic) bond motifs is 1. The van der Waals surface area contributed by atoms with E-state index in [-0.39, 0.29) is 24.8 Å². The Morgan fingerprint density at radius 2 is 1.58 bits per heavy atom. The number of carbonyl (C=O) groups excluding carboxylic acids is 2. The summed E-state index contributed by atoms with van der Waals surface area (Å²) >= 11 is 0. The first-order valence-electron chi connectivity index (χ1n) is 11.0. The summed E-state index contributed by atoms with van der Waals surface area (Å²) in [5.41, 5.74) is 2.35. The number of nitrogens with one attached hydrogen (secondary N) is 1. The van der Waals surface area contributed by atoms with Crippen molar-refractivity contribution in [2.45, 2.75) is 6.42 Å². The fourth-order valence-electron chi connectivity index (χ4n) is 3.52. The van der Waals surface area contributed by atoms with Gasteiger partial charge < -0.3 is 19.7 Å². The molecule has 0 aliphatic carbocycles. The molecule has 3 aromatic rings. The Balaban J connectivity index is 1.45. The van der Waals surface area contributed by atoms with Crippen LogP contribution in [-0.2, 0) is 4.79 Å². The summed E-state index contributed by atoms with van der Waals surface area (Å²) in [4.78, 5) is 27.1. The summed E-state index contributed by atoms with van der Waals surface area (Å²) in [5.74, 6) is 1.00. The lowest BCUT2D eigenvalue weighted by Crippen LogP contribution is -2.35. The third-order valence-electron chi connectivity index (χ3n) is 5.20. The summed E-state index contributed by atoms with van der Waals surface area (Å²) in [6.45, 7) is 1.62. The number of rotatable bonds is 8. The maximum absolute atomic E-state index is 13.1. The van der Waals surface area contributed by atoms with Gasteiger partial charge in [0.25, 0.3) is 5.91 Å². The third kappa shape index (κ3) is 6.01. The van der Waals surface area contributed by atoms with E-state index in [0.717, 1.165) is 11.3 Å². The minimum absolute atomic E-state index is 0.0993. The van der Waals surface area contributed by atoms with Crippen molar-refractivity contribution >= 4 is 23.6 Å². The van der Waals surface area contributed by atoms with E-state index < -0.39 is 0 Å². The molecule has 0 spiro atoms. The molecule has 6 heteroatoms. The van der Waals surface area contributed by atoms with Crippen molar-refractivity contribution in [3.05, 3.63) is 96.1 Å². The van der Waals surface area contributed by atoms with E-state index in [2.05, 4.69) is 5.32 Å². The third-order valence-corrected chi connectivity index (χ3v) is 5.20. The van der Waals surface area contributed by atoms with Crippen LogP contribution in [0.4, 0.5) is 5.69 Å². The van der Waals surface area contributed by atoms with E-state index in [0.29, 0.717) is 36.8 Å². The highest BCUT2D eigenvalue weighted by Crippen LogP contribution is 2.34. The van der Waals surface area contributed by atoms with E-state index in [1.165, 1.54) is 0 Å². The van der Waals surface area contributed by atoms with Crippen LogP contribution in [-0.4, -0.2) is 38.1 Å². The zero-order valence-electron chi connectivity index (χ0n) is 18.3. The lowest BCUT2D eigenvalue weighted by molar-refractivity contribution is -0.118. The molecule has 0 bridgehead atoms. The van der Waals surface area contributed by atoms with Gasteiger partial charge in [-0.3, -0.25) is 9.59 Å². The topological polar surface area (TPSA) is 67.9 Å². The molecule has 0 aromatic heterocycles. The van der Waals surface area contributed by atoms with Crippen LogP contribution < -0.4 is 19.7 Å². The second kappa shape index (κ2) is 11.0. The van der Waals surface area contributed by atoms with Gasteiger partial charge in [0.05, 0.1) is 0 Å². The van der Waals surface area contributed by atoms with Gasteiger partial charge in [0.1, 0.15) is 13.2 Å². The van der Waals surface area contributed by atoms with Gasteiger partial charge in [-0.05, 0) is 29.8 Å². The lowest BCUT2D eigenvalue weighted by atomic mass is 10.2. The highest BCUT2D eigenvalue weighted by Gasteiger charge is 2.19. The Kier molecular flexibility index (Phi) is 7.38. The zero-order valence-corrected chi connectivity index (χ0v) is 18.3. The Hall–Kier alpha value is -4.06. The van der Waals surface area contributed by atoms with Crippen LogP contribution >= 0.6 is 0 Å². The Morgan fingerprint density at radius 3 is 2.33 bits per heavy atom. The molecule has 1 heterocycles. The van der Waals surface area contributed by atoms with Crippen LogP contribution in [0.25, 0.3) is 6.08 Å². The molecule has 1 aliphatic heterocycles. The van der Waals surface area contributed by atoms with E-state index in [9.17, 15) is 9.59 Å². The van der Waals surface area contributed by atoms with Crippen molar-refractivity contribution in [3.63, 3.8) is 0 Å². The largest absolute Gasteiger partial charge is 0.486 e. The molecule has 33 heavy (non-hydrogen) atoms. The number of nitrogens with zero attached hydrogens (tertiary/aromatic N) is 1. The number of hydrogen-bond donors (Lipinski definition) is 1. The van der Waals surface area contributed by atoms with Crippen molar-refractivity contribution in [1.29, 1.82) is 0 Å². The Labute approximate surface area is 193 Å². The van der Waals surface area contributed by atoms with Crippen molar-refractivity contribution < 1.29 is 19.1 Å². The highest BCUT2D eigenvalue weighted by atomic mass is 16.6. The van der Waals surface area contributed by atoms with Gasteiger partial charge in [-0.1, -0.05) is 60.7 Å². The fourth-order valence-corrected chi connectivity index (χ4v) is 3.52. The molecule has 0 fully saturated rings. The smallest absolute Gasteiger partial charge is 0.251 e. The van der Waals surface area contributed by atoms with Gasteiger partial charge in [0.15, 0.2) is 11.5 Å². The number of anilines is 1. The minimum atomic E-state index is -0.196. The average Bonchev–Trinajstić information content (AvgIpc) is 2.87. The molecule has 4 rings (SSSR count). The molecule has 6 nitrogen and oxygen atoms in total. The Morgan fingerprint density at radius 1 is 0.879 bits per heavy atom. The normalized spacial score (nSPS) is 12.4. The number of benzene rings is 3. The second-order valence-electron chi connectivity index (χ2n) is 7.52. The van der Waals surface area contributed by atoms with E-state index in [1.807, 2.05) is 78.9 Å². The maximum Gasteiger partial charge on any atom is 0.251 e. The van der Waals surface area contributed by atoms with Crippen molar-refractivity contribution in [2.75, 3.05) is 31.2 Å². The molecule has 1 aliphatic rings. The van der Waals surface area contributed by atoms with Crippen LogP contribution in [0.2, 0.25) is 0 Å². The number of amides is 2. The summed E-state index contributed by atoms with van der Waals surface area (Å²) in [7, 11) is 0. The SMILES string of the molecule is O=C(NCCC(=O)N(C/C=C/c1ccccc1)c1ccc2c(c1)OCCO2)c1ccccc1. The van der Waals surface area contributed by atoms with Gasteiger partial charge in [-0.15, -0.1) is 0 Å². The van der Waals surface area contributed by atoms with Crippen LogP contribution in [0.5, 0.6) is 11.5 Å². The van der Waals surface area contributed by atoms with Crippen molar-refractivity contribution in [1.82, 2.24) is 5.32 Å². The molecule has 1 N–H and O–H groups in total. The first-order valence-corrected chi connectivity index (χ1v) is 11.0. The molecule has 0 saturated carbocycles. The zero-order chi connectivity index (χ0) is 22.9. The molecule has 168 valence electrons. The molecule has 0 atom stereocenters. The molecule has 0 radical (unpaired) electrons. The van der Waals surface area contributed by atoms with Crippen LogP contribution in [0.15, 0.2) is 84.9 Å². The van der Waals surface area contributed by atoms with Gasteiger partial charge in [0, 0.05) is 36.8 Å². The molecule has 3 aromatic carbocycles. The molecule has 0 saturated heterocycles. The van der Waals surface area contributed by atoms with E-state index in [4.69, 9.17) is 9.47 Å². The van der Waals surface area contributed by atoms with E-state index in [1.54, 1.807) is 17.0 Å². The standard InChI is InChI=1S/C27H26N2O4/c30-26(15-16-28-27(31)22-11-5-2-6-12-22)29(17-7-10-21-8-3-1-4-9-21)23-13-14-24-25(20-23)33-19-18-32-24/h1-14,20H,15-19H2,(H,28,31)/b10-7+. The van der Waals surface area contributed by atoms with Gasteiger partial charge in [-0.25, -0.2) is 0 Å². The van der Waals surface area contributed by atoms with Gasteiger partial charge in [0.2, 0.25) is 5.91 Å². The summed E-state index contributed by atoms with van der Waals surface area (Å²) in [6, 6.07) is 24.4. The predicted octanol–water partition coefficient (Wildman–Crippen LogP) is 4.32. The van der Waals surface area contributed by atoms with Gasteiger partial charge in [-0.2, -0.15) is 0 Å². The average molecular weight is 443 g/mol. The quantitative estimate of drug-likeness (QED) is 0.564. The van der Waals surface area contributed by atoms with Crippen LogP contribution in [0.1, 0.15) is 22.3 Å². The second-order valence-corrected chi connectivity index (χ2v) is 7.52. The number of carbonyl (C=O) groups is 2. The Bertz CT molecular complexity index is 1110.